The van der Waals surface area contributed by atoms with E-state index < -0.39 is 0 Å². The first-order valence-electron chi connectivity index (χ1n) is 6.82. The number of H-pyrrole nitrogens is 1. The maximum absolute atomic E-state index is 6.09. The third-order valence-corrected chi connectivity index (χ3v) is 4.31. The third-order valence-electron chi connectivity index (χ3n) is 4.08. The minimum Gasteiger partial charge on any atom is -0.454 e. The molecule has 5 aromatic rings. The van der Waals surface area contributed by atoms with Crippen molar-refractivity contribution in [1.29, 1.82) is 0 Å². The van der Waals surface area contributed by atoms with Gasteiger partial charge in [-0.25, -0.2) is 0 Å². The maximum atomic E-state index is 6.09. The van der Waals surface area contributed by atoms with Gasteiger partial charge < -0.3 is 9.40 Å². The van der Waals surface area contributed by atoms with Gasteiger partial charge in [0.1, 0.15) is 5.58 Å². The lowest BCUT2D eigenvalue weighted by Crippen LogP contribution is -1.69. The molecule has 0 spiro atoms. The van der Waals surface area contributed by atoms with Gasteiger partial charge in [-0.15, -0.1) is 0 Å². The summed E-state index contributed by atoms with van der Waals surface area (Å²) in [6.07, 6.45) is 0. The Hall–Kier alpha value is -2.45. The summed E-state index contributed by atoms with van der Waals surface area (Å²) >= 11 is 6.09. The van der Waals surface area contributed by atoms with Gasteiger partial charge in [0, 0.05) is 32.1 Å². The number of furan rings is 1. The molecule has 21 heavy (non-hydrogen) atoms. The molecule has 3 heteroatoms. The molecule has 2 aromatic heterocycles. The van der Waals surface area contributed by atoms with E-state index >= 15 is 0 Å². The molecule has 0 bridgehead atoms. The molecule has 0 fully saturated rings. The Morgan fingerprint density at radius 2 is 1.62 bits per heavy atom. The summed E-state index contributed by atoms with van der Waals surface area (Å²) in [6, 6.07) is 18.3. The van der Waals surface area contributed by atoms with Crippen molar-refractivity contribution >= 4 is 55.3 Å². The lowest BCUT2D eigenvalue weighted by Gasteiger charge is -1.92. The van der Waals surface area contributed by atoms with Crippen LogP contribution in [0.15, 0.2) is 59.0 Å². The second-order valence-electron chi connectivity index (χ2n) is 5.28. The van der Waals surface area contributed by atoms with Gasteiger partial charge in [-0.2, -0.15) is 0 Å². The molecule has 0 atom stereocenters. The molecule has 2 nitrogen and oxygen atoms in total. The van der Waals surface area contributed by atoms with Gasteiger partial charge in [0.05, 0.1) is 5.52 Å². The Balaban J connectivity index is 2.06. The quantitative estimate of drug-likeness (QED) is 0.379. The zero-order chi connectivity index (χ0) is 14.0. The van der Waals surface area contributed by atoms with Crippen molar-refractivity contribution in [1.82, 2.24) is 4.98 Å². The number of hydrogen-bond acceptors (Lipinski definition) is 1. The van der Waals surface area contributed by atoms with Crippen molar-refractivity contribution in [3.63, 3.8) is 0 Å². The summed E-state index contributed by atoms with van der Waals surface area (Å²) in [5.41, 5.74) is 3.88. The predicted molar refractivity (Wildman–Crippen MR) is 88.1 cm³/mol. The number of hydrogen-bond donors (Lipinski definition) is 1. The van der Waals surface area contributed by atoms with E-state index in [1.807, 2.05) is 36.4 Å². The van der Waals surface area contributed by atoms with Crippen molar-refractivity contribution in [2.24, 2.45) is 0 Å². The third kappa shape index (κ3) is 1.43. The molecule has 100 valence electrons. The predicted octanol–water partition coefficient (Wildman–Crippen LogP) is 5.87. The number of aromatic amines is 1. The second kappa shape index (κ2) is 3.80. The minimum absolute atomic E-state index is 0.731. The van der Waals surface area contributed by atoms with Crippen LogP contribution in [-0.2, 0) is 0 Å². The van der Waals surface area contributed by atoms with Crippen LogP contribution < -0.4 is 0 Å². The van der Waals surface area contributed by atoms with E-state index in [1.165, 1.54) is 0 Å². The molecule has 0 saturated heterocycles. The van der Waals surface area contributed by atoms with E-state index in [0.29, 0.717) is 0 Å². The van der Waals surface area contributed by atoms with Gasteiger partial charge in [0.25, 0.3) is 0 Å². The first kappa shape index (κ1) is 11.2. The molecular weight excluding hydrogens is 282 g/mol. The van der Waals surface area contributed by atoms with Crippen LogP contribution in [0.5, 0.6) is 0 Å². The van der Waals surface area contributed by atoms with Crippen LogP contribution in [-0.4, -0.2) is 4.98 Å². The Labute approximate surface area is 124 Å². The van der Waals surface area contributed by atoms with Crippen molar-refractivity contribution in [2.75, 3.05) is 0 Å². The lowest BCUT2D eigenvalue weighted by atomic mass is 10.1. The highest BCUT2D eigenvalue weighted by Gasteiger charge is 2.13. The molecule has 0 amide bonds. The topological polar surface area (TPSA) is 28.9 Å². The van der Waals surface area contributed by atoms with Gasteiger partial charge in [0.15, 0.2) is 5.58 Å². The Kier molecular flexibility index (Phi) is 2.04. The normalized spacial score (nSPS) is 12.0. The summed E-state index contributed by atoms with van der Waals surface area (Å²) in [5, 5.41) is 5.33. The number of nitrogens with one attached hydrogen (secondary N) is 1. The van der Waals surface area contributed by atoms with Gasteiger partial charge in [0.2, 0.25) is 0 Å². The molecule has 0 aliphatic rings. The van der Waals surface area contributed by atoms with Crippen molar-refractivity contribution in [3.8, 4) is 0 Å². The number of benzene rings is 3. The summed E-state index contributed by atoms with van der Waals surface area (Å²) in [4.78, 5) is 3.44. The number of fused-ring (bicyclic) bond motifs is 7. The molecule has 1 N–H and O–H groups in total. The van der Waals surface area contributed by atoms with Gasteiger partial charge in [-0.1, -0.05) is 41.9 Å². The highest BCUT2D eigenvalue weighted by atomic mass is 35.5. The molecule has 0 unspecified atom stereocenters. The van der Waals surface area contributed by atoms with E-state index in [-0.39, 0.29) is 0 Å². The molecule has 0 radical (unpaired) electrons. The standard InChI is InChI=1S/C18H10ClNO/c19-10-5-6-11-13-7-8-14-12-3-1-2-4-16(12)21-18(14)17(13)20-15(11)9-10/h1-9,20H. The Morgan fingerprint density at radius 3 is 2.57 bits per heavy atom. The van der Waals surface area contributed by atoms with Crippen LogP contribution in [0.1, 0.15) is 0 Å². The van der Waals surface area contributed by atoms with Crippen LogP contribution in [0.25, 0.3) is 43.7 Å². The zero-order valence-electron chi connectivity index (χ0n) is 11.0. The maximum Gasteiger partial charge on any atom is 0.159 e. The minimum atomic E-state index is 0.731. The fourth-order valence-corrected chi connectivity index (χ4v) is 3.30. The van der Waals surface area contributed by atoms with Crippen molar-refractivity contribution in [3.05, 3.63) is 59.6 Å². The van der Waals surface area contributed by atoms with Crippen LogP contribution in [0.3, 0.4) is 0 Å². The van der Waals surface area contributed by atoms with Gasteiger partial charge in [-0.3, -0.25) is 0 Å². The zero-order valence-corrected chi connectivity index (χ0v) is 11.7. The van der Waals surface area contributed by atoms with Crippen LogP contribution >= 0.6 is 11.6 Å². The smallest absolute Gasteiger partial charge is 0.159 e. The number of para-hydroxylation sites is 1. The van der Waals surface area contributed by atoms with Gasteiger partial charge >= 0.3 is 0 Å². The number of halogens is 1. The molecule has 0 aliphatic carbocycles. The van der Waals surface area contributed by atoms with E-state index in [4.69, 9.17) is 16.0 Å². The van der Waals surface area contributed by atoms with Crippen molar-refractivity contribution < 1.29 is 4.42 Å². The summed E-state index contributed by atoms with van der Waals surface area (Å²) in [6.45, 7) is 0. The van der Waals surface area contributed by atoms with Gasteiger partial charge in [-0.05, 0) is 24.3 Å². The monoisotopic (exact) mass is 291 g/mol. The first-order valence-corrected chi connectivity index (χ1v) is 7.20. The summed E-state index contributed by atoms with van der Waals surface area (Å²) in [7, 11) is 0. The first-order chi connectivity index (χ1) is 10.3. The Morgan fingerprint density at radius 1 is 0.810 bits per heavy atom. The summed E-state index contributed by atoms with van der Waals surface area (Å²) in [5.74, 6) is 0. The average molecular weight is 292 g/mol. The van der Waals surface area contributed by atoms with E-state index in [0.717, 1.165) is 48.8 Å². The van der Waals surface area contributed by atoms with E-state index in [1.54, 1.807) is 0 Å². The molecule has 3 aromatic carbocycles. The lowest BCUT2D eigenvalue weighted by molar-refractivity contribution is 0.672. The Bertz CT molecular complexity index is 1150. The highest BCUT2D eigenvalue weighted by Crippen LogP contribution is 2.36. The average Bonchev–Trinajstić information content (AvgIpc) is 3.04. The van der Waals surface area contributed by atoms with E-state index in [9.17, 15) is 0 Å². The fraction of sp³-hybridized carbons (Fsp3) is 0. The largest absolute Gasteiger partial charge is 0.454 e. The van der Waals surface area contributed by atoms with Crippen molar-refractivity contribution in [2.45, 2.75) is 0 Å². The van der Waals surface area contributed by atoms with Crippen LogP contribution in [0.2, 0.25) is 5.02 Å². The molecule has 0 saturated carbocycles. The van der Waals surface area contributed by atoms with E-state index in [2.05, 4.69) is 23.2 Å². The fourth-order valence-electron chi connectivity index (χ4n) is 3.13. The molecule has 2 heterocycles. The number of rotatable bonds is 0. The van der Waals surface area contributed by atoms with Crippen LogP contribution in [0, 0.1) is 0 Å². The SMILES string of the molecule is Clc1ccc2c(c1)[nH]c1c2ccc2c3ccccc3oc21. The second-order valence-corrected chi connectivity index (χ2v) is 5.71. The summed E-state index contributed by atoms with van der Waals surface area (Å²) < 4.78 is 6.06. The van der Waals surface area contributed by atoms with Crippen LogP contribution in [0.4, 0.5) is 0 Å². The highest BCUT2D eigenvalue weighted by molar-refractivity contribution is 6.31. The molecular formula is C18H10ClNO. The number of aromatic nitrogens is 1. The molecule has 5 rings (SSSR count). The molecule has 0 aliphatic heterocycles.